The van der Waals surface area contributed by atoms with E-state index in [1.54, 1.807) is 24.3 Å². The third kappa shape index (κ3) is 3.33. The second-order valence-corrected chi connectivity index (χ2v) is 5.10. The minimum absolute atomic E-state index is 0.0931. The van der Waals surface area contributed by atoms with Gasteiger partial charge in [-0.25, -0.2) is 9.59 Å². The molecule has 0 atom stereocenters. The summed E-state index contributed by atoms with van der Waals surface area (Å²) in [6.45, 7) is 0. The topological polar surface area (TPSA) is 91.7 Å². The fourth-order valence-electron chi connectivity index (χ4n) is 2.00. The maximum absolute atomic E-state index is 11.5. The Hall–Kier alpha value is -2.52. The predicted octanol–water partition coefficient (Wildman–Crippen LogP) is 3.46. The Balaban J connectivity index is 2.46. The number of carboxylic acid groups (broad SMARTS) is 2. The lowest BCUT2D eigenvalue weighted by Gasteiger charge is -2.11. The number of benzene rings is 2. The third-order valence-electron chi connectivity index (χ3n) is 3.00. The van der Waals surface area contributed by atoms with Crippen LogP contribution in [0, 0.1) is 0 Å². The summed E-state index contributed by atoms with van der Waals surface area (Å²) in [6, 6.07) is 12.2. The van der Waals surface area contributed by atoms with E-state index in [9.17, 15) is 14.2 Å². The summed E-state index contributed by atoms with van der Waals surface area (Å²) in [6.07, 6.45) is 0. The Morgan fingerprint density at radius 3 is 1.62 bits per heavy atom. The third-order valence-corrected chi connectivity index (χ3v) is 3.81. The predicted molar refractivity (Wildman–Crippen MR) is 76.3 cm³/mol. The van der Waals surface area contributed by atoms with Gasteiger partial charge in [-0.3, -0.25) is 4.57 Å². The van der Waals surface area contributed by atoms with E-state index in [1.807, 2.05) is 0 Å². The van der Waals surface area contributed by atoms with Crippen molar-refractivity contribution < 1.29 is 24.4 Å². The van der Waals surface area contributed by atoms with Crippen molar-refractivity contribution in [1.82, 2.24) is 0 Å². The first-order valence-electron chi connectivity index (χ1n) is 6.02. The summed E-state index contributed by atoms with van der Waals surface area (Å²) in [7, 11) is -0.236. The van der Waals surface area contributed by atoms with Crippen molar-refractivity contribution in [2.24, 2.45) is 0 Å². The first kappa shape index (κ1) is 14.9. The zero-order valence-corrected chi connectivity index (χ0v) is 11.7. The molecule has 2 rings (SSSR count). The van der Waals surface area contributed by atoms with Crippen LogP contribution in [0.3, 0.4) is 0 Å². The number of carboxylic acids is 2. The van der Waals surface area contributed by atoms with Gasteiger partial charge in [0.2, 0.25) is 0 Å². The summed E-state index contributed by atoms with van der Waals surface area (Å²) < 4.78 is 11.5. The van der Waals surface area contributed by atoms with E-state index >= 15 is 0 Å². The van der Waals surface area contributed by atoms with Crippen LogP contribution in [0.5, 0.6) is 0 Å². The Morgan fingerprint density at radius 2 is 1.29 bits per heavy atom. The van der Waals surface area contributed by atoms with Crippen molar-refractivity contribution in [3.8, 4) is 0 Å². The van der Waals surface area contributed by atoms with Crippen molar-refractivity contribution in [1.29, 1.82) is 0 Å². The molecule has 0 unspecified atom stereocenters. The van der Waals surface area contributed by atoms with Gasteiger partial charge in [0.05, 0.1) is 16.8 Å². The fraction of sp³-hybridized carbons (Fsp3) is 0.0667. The molecule has 0 fully saturated rings. The van der Waals surface area contributed by atoms with Gasteiger partial charge in [-0.1, -0.05) is 24.3 Å². The second-order valence-electron chi connectivity index (χ2n) is 4.37. The molecule has 0 radical (unpaired) electrons. The number of rotatable bonds is 5. The van der Waals surface area contributed by atoms with E-state index in [-0.39, 0.29) is 19.6 Å². The lowest BCUT2D eigenvalue weighted by molar-refractivity contribution is 0.0686. The molecule has 0 spiro atoms. The smallest absolute Gasteiger partial charge is 0.335 e. The molecule has 0 aliphatic heterocycles. The SMILES string of the molecule is O=PC(c1cccc(C(=O)O)c1)c1cccc(C(=O)O)c1. The summed E-state index contributed by atoms with van der Waals surface area (Å²) in [5, 5.41) is 18.0. The first-order chi connectivity index (χ1) is 10.0. The van der Waals surface area contributed by atoms with Crippen molar-refractivity contribution >= 4 is 20.4 Å². The average molecular weight is 302 g/mol. The molecule has 2 aromatic rings. The summed E-state index contributed by atoms with van der Waals surface area (Å²) in [4.78, 5) is 22.0. The maximum atomic E-state index is 11.5. The van der Waals surface area contributed by atoms with Crippen LogP contribution in [0.4, 0.5) is 0 Å². The molecule has 5 nitrogen and oxygen atoms in total. The van der Waals surface area contributed by atoms with Gasteiger partial charge in [-0.2, -0.15) is 0 Å². The number of aromatic carboxylic acids is 2. The van der Waals surface area contributed by atoms with Crippen LogP contribution in [0.2, 0.25) is 0 Å². The highest BCUT2D eigenvalue weighted by atomic mass is 31.1. The minimum Gasteiger partial charge on any atom is -0.478 e. The molecular formula is C15H11O5P. The normalized spacial score (nSPS) is 10.7. The second kappa shape index (κ2) is 6.29. The molecule has 0 heterocycles. The van der Waals surface area contributed by atoms with E-state index in [1.165, 1.54) is 24.3 Å². The van der Waals surface area contributed by atoms with Crippen LogP contribution in [0.15, 0.2) is 48.5 Å². The van der Waals surface area contributed by atoms with Crippen LogP contribution < -0.4 is 0 Å². The maximum Gasteiger partial charge on any atom is 0.335 e. The van der Waals surface area contributed by atoms with Crippen molar-refractivity contribution in [3.63, 3.8) is 0 Å². The number of hydrogen-bond acceptors (Lipinski definition) is 3. The highest BCUT2D eigenvalue weighted by Crippen LogP contribution is 2.35. The Labute approximate surface area is 122 Å². The molecule has 0 amide bonds. The van der Waals surface area contributed by atoms with Gasteiger partial charge in [-0.05, 0) is 35.4 Å². The van der Waals surface area contributed by atoms with Crippen LogP contribution in [0.25, 0.3) is 0 Å². The largest absolute Gasteiger partial charge is 0.478 e. The summed E-state index contributed by atoms with van der Waals surface area (Å²) >= 11 is 0. The standard InChI is InChI=1S/C15H11O5P/c16-14(17)11-5-1-3-9(7-11)13(21-20)10-4-2-6-12(8-10)15(18)19/h1-8,13H,(H,16,17)(H,18,19). The molecule has 6 heteroatoms. The Kier molecular flexibility index (Phi) is 4.45. The van der Waals surface area contributed by atoms with Gasteiger partial charge >= 0.3 is 11.9 Å². The van der Waals surface area contributed by atoms with Crippen molar-refractivity contribution in [2.75, 3.05) is 0 Å². The quantitative estimate of drug-likeness (QED) is 0.825. The van der Waals surface area contributed by atoms with Crippen molar-refractivity contribution in [2.45, 2.75) is 5.66 Å². The fourth-order valence-corrected chi connectivity index (χ4v) is 2.56. The summed E-state index contributed by atoms with van der Waals surface area (Å²) in [5.74, 6) is -2.14. The lowest BCUT2D eigenvalue weighted by Crippen LogP contribution is -2.02. The van der Waals surface area contributed by atoms with Gasteiger partial charge in [0, 0.05) is 0 Å². The monoisotopic (exact) mass is 302 g/mol. The molecule has 0 saturated heterocycles. The molecule has 2 aromatic carbocycles. The average Bonchev–Trinajstić information content (AvgIpc) is 2.48. The Morgan fingerprint density at radius 1 is 0.857 bits per heavy atom. The van der Waals surface area contributed by atoms with Gasteiger partial charge < -0.3 is 10.2 Å². The highest BCUT2D eigenvalue weighted by Gasteiger charge is 2.17. The zero-order valence-electron chi connectivity index (χ0n) is 10.8. The van der Waals surface area contributed by atoms with E-state index < -0.39 is 17.6 Å². The van der Waals surface area contributed by atoms with Crippen LogP contribution in [-0.2, 0) is 4.57 Å². The Bertz CT molecular complexity index is 653. The molecule has 2 N–H and O–H groups in total. The molecule has 0 aliphatic carbocycles. The van der Waals surface area contributed by atoms with Crippen LogP contribution in [0.1, 0.15) is 37.5 Å². The van der Waals surface area contributed by atoms with E-state index in [2.05, 4.69) is 0 Å². The highest BCUT2D eigenvalue weighted by molar-refractivity contribution is 7.24. The van der Waals surface area contributed by atoms with Gasteiger partial charge in [0.25, 0.3) is 0 Å². The molecule has 0 aliphatic rings. The molecule has 0 saturated carbocycles. The van der Waals surface area contributed by atoms with Gasteiger partial charge in [0.15, 0.2) is 8.46 Å². The van der Waals surface area contributed by atoms with Crippen LogP contribution >= 0.6 is 8.46 Å². The van der Waals surface area contributed by atoms with Crippen molar-refractivity contribution in [3.05, 3.63) is 70.8 Å². The van der Waals surface area contributed by atoms with E-state index in [0.717, 1.165) is 0 Å². The first-order valence-corrected chi connectivity index (χ1v) is 6.90. The minimum atomic E-state index is -1.07. The van der Waals surface area contributed by atoms with Gasteiger partial charge in [0.1, 0.15) is 0 Å². The molecule has 0 bridgehead atoms. The number of hydrogen-bond donors (Lipinski definition) is 2. The van der Waals surface area contributed by atoms with E-state index in [0.29, 0.717) is 11.1 Å². The zero-order chi connectivity index (χ0) is 15.4. The summed E-state index contributed by atoms with van der Waals surface area (Å²) in [5.41, 5.74) is 0.679. The number of carbonyl (C=O) groups is 2. The van der Waals surface area contributed by atoms with Gasteiger partial charge in [-0.15, -0.1) is 0 Å². The molecule has 21 heavy (non-hydrogen) atoms. The molecule has 106 valence electrons. The molecule has 0 aromatic heterocycles. The lowest BCUT2D eigenvalue weighted by atomic mass is 10.0. The molecular weight excluding hydrogens is 291 g/mol. The van der Waals surface area contributed by atoms with E-state index in [4.69, 9.17) is 10.2 Å². The van der Waals surface area contributed by atoms with Crippen LogP contribution in [-0.4, -0.2) is 22.2 Å².